The van der Waals surface area contributed by atoms with Gasteiger partial charge in [0.05, 0.1) is 0 Å². The van der Waals surface area contributed by atoms with Gasteiger partial charge in [-0.25, -0.2) is 4.52 Å². The fourth-order valence-corrected chi connectivity index (χ4v) is 3.13. The Labute approximate surface area is 106 Å². The molecule has 2 atom stereocenters. The number of fused-ring (bicyclic) bond motifs is 2. The van der Waals surface area contributed by atoms with Crippen LogP contribution < -0.4 is 10.2 Å². The van der Waals surface area contributed by atoms with E-state index in [0.29, 0.717) is 0 Å². The quantitative estimate of drug-likeness (QED) is 0.800. The summed E-state index contributed by atoms with van der Waals surface area (Å²) in [5, 5.41) is 8.05. The molecule has 0 saturated carbocycles. The highest BCUT2D eigenvalue weighted by atomic mass is 15.4. The molecule has 4 rings (SSSR count). The molecule has 2 aliphatic rings. The standard InChI is InChI=1S/C13H17N5/c1-9-2-3-12-15-13(16-18(12)6-9)17-7-10-4-14-5-11(10)8-17/h2-3,6,10-11,14H,4-5,7-8H2,1H3. The first-order chi connectivity index (χ1) is 8.79. The molecule has 18 heavy (non-hydrogen) atoms. The molecule has 0 aliphatic carbocycles. The summed E-state index contributed by atoms with van der Waals surface area (Å²) in [6.07, 6.45) is 2.03. The van der Waals surface area contributed by atoms with Gasteiger partial charge in [0.1, 0.15) is 0 Å². The Morgan fingerprint density at radius 3 is 2.78 bits per heavy atom. The number of anilines is 1. The van der Waals surface area contributed by atoms with Gasteiger partial charge in [-0.2, -0.15) is 4.98 Å². The van der Waals surface area contributed by atoms with Crippen LogP contribution in [0, 0.1) is 18.8 Å². The molecule has 2 aromatic heterocycles. The molecule has 0 radical (unpaired) electrons. The van der Waals surface area contributed by atoms with Crippen LogP contribution >= 0.6 is 0 Å². The highest BCUT2D eigenvalue weighted by molar-refractivity contribution is 5.46. The number of hydrogen-bond acceptors (Lipinski definition) is 4. The number of rotatable bonds is 1. The molecular weight excluding hydrogens is 226 g/mol. The van der Waals surface area contributed by atoms with Gasteiger partial charge in [0.15, 0.2) is 5.65 Å². The molecule has 94 valence electrons. The van der Waals surface area contributed by atoms with Crippen molar-refractivity contribution in [2.45, 2.75) is 6.92 Å². The minimum absolute atomic E-state index is 0.776. The lowest BCUT2D eigenvalue weighted by atomic mass is 10.0. The van der Waals surface area contributed by atoms with Crippen LogP contribution in [-0.2, 0) is 0 Å². The van der Waals surface area contributed by atoms with E-state index in [9.17, 15) is 0 Å². The summed E-state index contributed by atoms with van der Waals surface area (Å²) in [6, 6.07) is 4.11. The first-order valence-electron chi connectivity index (χ1n) is 6.58. The topological polar surface area (TPSA) is 45.5 Å². The molecule has 0 spiro atoms. The van der Waals surface area contributed by atoms with Gasteiger partial charge in [-0.05, 0) is 30.4 Å². The lowest BCUT2D eigenvalue weighted by Crippen LogP contribution is -2.26. The molecule has 5 heteroatoms. The van der Waals surface area contributed by atoms with Gasteiger partial charge in [0.25, 0.3) is 0 Å². The largest absolute Gasteiger partial charge is 0.339 e. The lowest BCUT2D eigenvalue weighted by molar-refractivity contribution is 0.533. The first kappa shape index (κ1) is 10.3. The maximum absolute atomic E-state index is 4.62. The molecule has 1 N–H and O–H groups in total. The average molecular weight is 243 g/mol. The summed E-state index contributed by atoms with van der Waals surface area (Å²) in [7, 11) is 0. The predicted octanol–water partition coefficient (Wildman–Crippen LogP) is 0.693. The second kappa shape index (κ2) is 3.68. The fourth-order valence-electron chi connectivity index (χ4n) is 3.13. The van der Waals surface area contributed by atoms with Gasteiger partial charge < -0.3 is 10.2 Å². The summed E-state index contributed by atoms with van der Waals surface area (Å²) in [6.45, 7) is 6.55. The minimum atomic E-state index is 0.776. The Balaban J connectivity index is 1.67. The maximum atomic E-state index is 4.62. The van der Waals surface area contributed by atoms with Gasteiger partial charge in [-0.3, -0.25) is 0 Å². The number of aryl methyl sites for hydroxylation is 1. The monoisotopic (exact) mass is 243 g/mol. The molecule has 4 heterocycles. The molecule has 5 nitrogen and oxygen atoms in total. The van der Waals surface area contributed by atoms with Crippen LogP contribution in [-0.4, -0.2) is 40.8 Å². The number of nitrogens with zero attached hydrogens (tertiary/aromatic N) is 4. The van der Waals surface area contributed by atoms with E-state index < -0.39 is 0 Å². The van der Waals surface area contributed by atoms with Crippen molar-refractivity contribution in [2.24, 2.45) is 11.8 Å². The summed E-state index contributed by atoms with van der Waals surface area (Å²) in [4.78, 5) is 6.95. The molecule has 0 aromatic carbocycles. The van der Waals surface area contributed by atoms with E-state index in [1.165, 1.54) is 5.56 Å². The Kier molecular flexibility index (Phi) is 2.11. The lowest BCUT2D eigenvalue weighted by Gasteiger charge is -2.14. The van der Waals surface area contributed by atoms with Crippen molar-refractivity contribution in [1.29, 1.82) is 0 Å². The Hall–Kier alpha value is -1.62. The van der Waals surface area contributed by atoms with Gasteiger partial charge in [-0.1, -0.05) is 6.07 Å². The van der Waals surface area contributed by atoms with Crippen molar-refractivity contribution in [3.63, 3.8) is 0 Å². The number of hydrogen-bond donors (Lipinski definition) is 1. The first-order valence-corrected chi connectivity index (χ1v) is 6.58. The fraction of sp³-hybridized carbons (Fsp3) is 0.538. The molecule has 2 aromatic rings. The van der Waals surface area contributed by atoms with Crippen LogP contribution in [0.1, 0.15) is 5.56 Å². The van der Waals surface area contributed by atoms with Crippen LogP contribution in [0.3, 0.4) is 0 Å². The van der Waals surface area contributed by atoms with Crippen molar-refractivity contribution in [2.75, 3.05) is 31.1 Å². The van der Waals surface area contributed by atoms with E-state index in [1.807, 2.05) is 16.8 Å². The second-order valence-electron chi connectivity index (χ2n) is 5.50. The van der Waals surface area contributed by atoms with Crippen molar-refractivity contribution in [1.82, 2.24) is 19.9 Å². The van der Waals surface area contributed by atoms with E-state index in [-0.39, 0.29) is 0 Å². The van der Waals surface area contributed by atoms with E-state index in [1.54, 1.807) is 0 Å². The summed E-state index contributed by atoms with van der Waals surface area (Å²) in [5.41, 5.74) is 2.15. The SMILES string of the molecule is Cc1ccc2nc(N3CC4CNCC4C3)nn2c1. The van der Waals surface area contributed by atoms with Crippen LogP contribution in [0.25, 0.3) is 5.65 Å². The molecular formula is C13H17N5. The average Bonchev–Trinajstić information content (AvgIpc) is 2.99. The summed E-state index contributed by atoms with van der Waals surface area (Å²) >= 11 is 0. The van der Waals surface area contributed by atoms with Gasteiger partial charge in [0, 0.05) is 32.4 Å². The minimum Gasteiger partial charge on any atom is -0.339 e. The third kappa shape index (κ3) is 1.50. The van der Waals surface area contributed by atoms with Crippen molar-refractivity contribution in [3.05, 3.63) is 23.9 Å². The molecule has 0 bridgehead atoms. The third-order valence-corrected chi connectivity index (χ3v) is 4.14. The zero-order valence-electron chi connectivity index (χ0n) is 10.5. The zero-order valence-corrected chi connectivity index (χ0v) is 10.5. The van der Waals surface area contributed by atoms with Gasteiger partial charge >= 0.3 is 0 Å². The molecule has 2 saturated heterocycles. The second-order valence-corrected chi connectivity index (χ2v) is 5.50. The normalized spacial score (nSPS) is 27.1. The Morgan fingerprint density at radius 2 is 2.00 bits per heavy atom. The summed E-state index contributed by atoms with van der Waals surface area (Å²) in [5.74, 6) is 2.44. The highest BCUT2D eigenvalue weighted by Crippen LogP contribution is 2.28. The molecule has 2 unspecified atom stereocenters. The highest BCUT2D eigenvalue weighted by Gasteiger charge is 2.37. The van der Waals surface area contributed by atoms with Crippen molar-refractivity contribution < 1.29 is 0 Å². The van der Waals surface area contributed by atoms with Crippen LogP contribution in [0.4, 0.5) is 5.95 Å². The van der Waals surface area contributed by atoms with E-state index in [4.69, 9.17) is 0 Å². The van der Waals surface area contributed by atoms with Gasteiger partial charge in [-0.15, -0.1) is 5.10 Å². The number of aromatic nitrogens is 3. The van der Waals surface area contributed by atoms with Crippen LogP contribution in [0.5, 0.6) is 0 Å². The van der Waals surface area contributed by atoms with Crippen LogP contribution in [0.2, 0.25) is 0 Å². The Bertz CT molecular complexity index is 578. The number of nitrogens with one attached hydrogen (secondary N) is 1. The predicted molar refractivity (Wildman–Crippen MR) is 69.8 cm³/mol. The molecule has 2 fully saturated rings. The number of pyridine rings is 1. The third-order valence-electron chi connectivity index (χ3n) is 4.14. The van der Waals surface area contributed by atoms with E-state index in [2.05, 4.69) is 33.3 Å². The zero-order chi connectivity index (χ0) is 12.1. The molecule has 0 amide bonds. The smallest absolute Gasteiger partial charge is 0.245 e. The maximum Gasteiger partial charge on any atom is 0.245 e. The van der Waals surface area contributed by atoms with Gasteiger partial charge in [0.2, 0.25) is 5.95 Å². The molecule has 2 aliphatic heterocycles. The summed E-state index contributed by atoms with van der Waals surface area (Å²) < 4.78 is 1.89. The van der Waals surface area contributed by atoms with E-state index in [0.717, 1.165) is 49.6 Å². The van der Waals surface area contributed by atoms with Crippen LogP contribution in [0.15, 0.2) is 18.3 Å². The van der Waals surface area contributed by atoms with Crippen molar-refractivity contribution >= 4 is 11.6 Å². The van der Waals surface area contributed by atoms with Crippen molar-refractivity contribution in [3.8, 4) is 0 Å². The van der Waals surface area contributed by atoms with E-state index >= 15 is 0 Å². The Morgan fingerprint density at radius 1 is 1.22 bits per heavy atom.